The first-order valence-corrected chi connectivity index (χ1v) is 6.80. The molecule has 2 unspecified atom stereocenters. The van der Waals surface area contributed by atoms with Crippen LogP contribution in [0.1, 0.15) is 38.9 Å². The number of hydrogen-bond acceptors (Lipinski definition) is 6. The number of hydrazine groups is 1. The van der Waals surface area contributed by atoms with E-state index in [-0.39, 0.29) is 17.9 Å². The number of piperidine rings is 1. The van der Waals surface area contributed by atoms with Gasteiger partial charge in [0.15, 0.2) is 0 Å². The minimum absolute atomic E-state index is 0.213. The Balaban J connectivity index is 2.26. The molecule has 1 aliphatic heterocycles. The van der Waals surface area contributed by atoms with Gasteiger partial charge in [-0.1, -0.05) is 20.8 Å². The Morgan fingerprint density at radius 3 is 2.79 bits per heavy atom. The number of aliphatic hydroxyl groups is 1. The number of aliphatic hydroxyl groups excluding tert-OH is 1. The molecule has 19 heavy (non-hydrogen) atoms. The van der Waals surface area contributed by atoms with E-state index in [0.29, 0.717) is 5.82 Å². The van der Waals surface area contributed by atoms with Gasteiger partial charge in [-0.25, -0.2) is 15.8 Å². The van der Waals surface area contributed by atoms with Crippen LogP contribution in [0.15, 0.2) is 6.07 Å². The zero-order valence-corrected chi connectivity index (χ0v) is 11.8. The molecule has 1 aromatic heterocycles. The molecule has 0 radical (unpaired) electrons. The maximum Gasteiger partial charge on any atom is 0.145 e. The Bertz CT molecular complexity index is 437. The lowest BCUT2D eigenvalue weighted by molar-refractivity contribution is 0.0969. The van der Waals surface area contributed by atoms with Crippen LogP contribution in [0.25, 0.3) is 0 Å². The summed E-state index contributed by atoms with van der Waals surface area (Å²) in [5.41, 5.74) is 2.59. The average Bonchev–Trinajstić information content (AvgIpc) is 2.41. The Morgan fingerprint density at radius 1 is 1.47 bits per heavy atom. The second-order valence-electron chi connectivity index (χ2n) is 5.55. The fourth-order valence-corrected chi connectivity index (χ4v) is 2.29. The largest absolute Gasteiger partial charge is 0.393 e. The summed E-state index contributed by atoms with van der Waals surface area (Å²) in [6.45, 7) is 7.79. The number of hydrogen-bond donors (Lipinski definition) is 3. The number of rotatable bonds is 3. The van der Waals surface area contributed by atoms with E-state index in [1.165, 1.54) is 0 Å². The van der Waals surface area contributed by atoms with Crippen molar-refractivity contribution in [2.24, 2.45) is 11.8 Å². The number of aromatic nitrogens is 2. The molecular weight excluding hydrogens is 242 g/mol. The van der Waals surface area contributed by atoms with Gasteiger partial charge in [-0.2, -0.15) is 0 Å². The Kier molecular flexibility index (Phi) is 4.21. The standard InChI is InChI=1S/C13H23N5O/c1-8(2)13-15-11(17-14)6-12(16-13)18-5-4-10(19)9(3)7-18/h6,8-10,19H,4-5,7,14H2,1-3H3,(H,15,16,17). The van der Waals surface area contributed by atoms with Gasteiger partial charge in [0.05, 0.1) is 6.10 Å². The summed E-state index contributed by atoms with van der Waals surface area (Å²) in [5.74, 6) is 8.26. The quantitative estimate of drug-likeness (QED) is 0.560. The highest BCUT2D eigenvalue weighted by Crippen LogP contribution is 2.24. The van der Waals surface area contributed by atoms with Crippen LogP contribution in [0, 0.1) is 5.92 Å². The minimum atomic E-state index is -0.213. The minimum Gasteiger partial charge on any atom is -0.393 e. The van der Waals surface area contributed by atoms with E-state index in [9.17, 15) is 5.11 Å². The van der Waals surface area contributed by atoms with Gasteiger partial charge in [0.2, 0.25) is 0 Å². The Labute approximate surface area is 114 Å². The molecule has 2 rings (SSSR count). The molecule has 6 nitrogen and oxygen atoms in total. The smallest absolute Gasteiger partial charge is 0.145 e. The first-order valence-electron chi connectivity index (χ1n) is 6.80. The fourth-order valence-electron chi connectivity index (χ4n) is 2.29. The van der Waals surface area contributed by atoms with E-state index in [1.807, 2.05) is 6.07 Å². The predicted molar refractivity (Wildman–Crippen MR) is 75.9 cm³/mol. The second kappa shape index (κ2) is 5.71. The van der Waals surface area contributed by atoms with Crippen molar-refractivity contribution in [3.8, 4) is 0 Å². The highest BCUT2D eigenvalue weighted by Gasteiger charge is 2.25. The van der Waals surface area contributed by atoms with Crippen molar-refractivity contribution in [1.82, 2.24) is 9.97 Å². The second-order valence-corrected chi connectivity index (χ2v) is 5.55. The van der Waals surface area contributed by atoms with Gasteiger partial charge < -0.3 is 15.4 Å². The molecule has 0 amide bonds. The van der Waals surface area contributed by atoms with Crippen molar-refractivity contribution in [3.63, 3.8) is 0 Å². The summed E-state index contributed by atoms with van der Waals surface area (Å²) in [4.78, 5) is 11.1. The summed E-state index contributed by atoms with van der Waals surface area (Å²) in [7, 11) is 0. The van der Waals surface area contributed by atoms with Gasteiger partial charge in [-0.05, 0) is 12.3 Å². The number of nitrogens with one attached hydrogen (secondary N) is 1. The summed E-state index contributed by atoms with van der Waals surface area (Å²) in [6, 6.07) is 1.86. The van der Waals surface area contributed by atoms with Crippen molar-refractivity contribution in [1.29, 1.82) is 0 Å². The lowest BCUT2D eigenvalue weighted by Gasteiger charge is -2.35. The molecule has 1 saturated heterocycles. The van der Waals surface area contributed by atoms with Gasteiger partial charge in [0.1, 0.15) is 17.5 Å². The molecule has 0 spiro atoms. The van der Waals surface area contributed by atoms with Crippen LogP contribution in [-0.4, -0.2) is 34.3 Å². The number of nitrogen functional groups attached to an aromatic ring is 1. The van der Waals surface area contributed by atoms with E-state index in [1.54, 1.807) is 0 Å². The maximum absolute atomic E-state index is 9.79. The maximum atomic E-state index is 9.79. The Hall–Kier alpha value is -1.40. The lowest BCUT2D eigenvalue weighted by Crippen LogP contribution is -2.42. The molecule has 2 atom stereocenters. The predicted octanol–water partition coefficient (Wildman–Crippen LogP) is 1.09. The fraction of sp³-hybridized carbons (Fsp3) is 0.692. The first kappa shape index (κ1) is 14.0. The zero-order chi connectivity index (χ0) is 14.0. The van der Waals surface area contributed by atoms with Gasteiger partial charge in [0.25, 0.3) is 0 Å². The van der Waals surface area contributed by atoms with Crippen LogP contribution >= 0.6 is 0 Å². The molecule has 1 fully saturated rings. The Morgan fingerprint density at radius 2 is 2.21 bits per heavy atom. The molecule has 2 heterocycles. The van der Waals surface area contributed by atoms with Crippen LogP contribution in [0.3, 0.4) is 0 Å². The third-order valence-corrected chi connectivity index (χ3v) is 3.58. The molecule has 6 heteroatoms. The van der Waals surface area contributed by atoms with Crippen LogP contribution in [0.5, 0.6) is 0 Å². The molecule has 1 aromatic rings. The first-order chi connectivity index (χ1) is 9.01. The highest BCUT2D eigenvalue weighted by atomic mass is 16.3. The van der Waals surface area contributed by atoms with Gasteiger partial charge in [0, 0.05) is 25.1 Å². The zero-order valence-electron chi connectivity index (χ0n) is 11.8. The molecule has 106 valence electrons. The van der Waals surface area contributed by atoms with Crippen molar-refractivity contribution in [2.45, 2.75) is 39.2 Å². The van der Waals surface area contributed by atoms with Crippen LogP contribution in [0.4, 0.5) is 11.6 Å². The lowest BCUT2D eigenvalue weighted by atomic mass is 9.97. The SMILES string of the molecule is CC(C)c1nc(NN)cc(N2CCC(O)C(C)C2)n1. The summed E-state index contributed by atoms with van der Waals surface area (Å²) in [5, 5.41) is 9.79. The van der Waals surface area contributed by atoms with E-state index in [2.05, 4.69) is 41.1 Å². The van der Waals surface area contributed by atoms with Crippen molar-refractivity contribution < 1.29 is 5.11 Å². The van der Waals surface area contributed by atoms with Crippen LogP contribution < -0.4 is 16.2 Å². The van der Waals surface area contributed by atoms with E-state index >= 15 is 0 Å². The summed E-state index contributed by atoms with van der Waals surface area (Å²) in [6.07, 6.45) is 0.558. The van der Waals surface area contributed by atoms with E-state index in [0.717, 1.165) is 31.2 Å². The molecule has 0 aromatic carbocycles. The van der Waals surface area contributed by atoms with E-state index in [4.69, 9.17) is 5.84 Å². The van der Waals surface area contributed by atoms with Crippen LogP contribution in [-0.2, 0) is 0 Å². The average molecular weight is 265 g/mol. The van der Waals surface area contributed by atoms with Crippen LogP contribution in [0.2, 0.25) is 0 Å². The number of nitrogens with zero attached hydrogens (tertiary/aromatic N) is 3. The molecule has 1 aliphatic rings. The summed E-state index contributed by atoms with van der Waals surface area (Å²) < 4.78 is 0. The number of anilines is 2. The highest BCUT2D eigenvalue weighted by molar-refractivity contribution is 5.49. The van der Waals surface area contributed by atoms with Crippen molar-refractivity contribution in [2.75, 3.05) is 23.4 Å². The molecule has 0 aliphatic carbocycles. The normalized spacial score (nSPS) is 23.8. The summed E-state index contributed by atoms with van der Waals surface area (Å²) >= 11 is 0. The monoisotopic (exact) mass is 265 g/mol. The van der Waals surface area contributed by atoms with Gasteiger partial charge in [-0.3, -0.25) is 0 Å². The molecular formula is C13H23N5O. The number of nitrogens with two attached hydrogens (primary N) is 1. The van der Waals surface area contributed by atoms with E-state index < -0.39 is 0 Å². The molecule has 0 saturated carbocycles. The molecule has 0 bridgehead atoms. The van der Waals surface area contributed by atoms with Gasteiger partial charge in [-0.15, -0.1) is 0 Å². The third kappa shape index (κ3) is 3.13. The van der Waals surface area contributed by atoms with Gasteiger partial charge >= 0.3 is 0 Å². The topological polar surface area (TPSA) is 87.3 Å². The third-order valence-electron chi connectivity index (χ3n) is 3.58. The molecule has 4 N–H and O–H groups in total. The van der Waals surface area contributed by atoms with Crippen molar-refractivity contribution in [3.05, 3.63) is 11.9 Å². The van der Waals surface area contributed by atoms with Crippen molar-refractivity contribution >= 4 is 11.6 Å².